The molecule has 0 aromatic heterocycles. The Kier molecular flexibility index (Phi) is 6.60. The van der Waals surface area contributed by atoms with Crippen molar-refractivity contribution < 1.29 is 13.2 Å². The number of ether oxygens (including phenoxy) is 1. The molecule has 146 valence electrons. The Morgan fingerprint density at radius 3 is 2.41 bits per heavy atom. The van der Waals surface area contributed by atoms with Gasteiger partial charge in [0.05, 0.1) is 4.90 Å². The van der Waals surface area contributed by atoms with Crippen molar-refractivity contribution >= 4 is 39.1 Å². The summed E-state index contributed by atoms with van der Waals surface area (Å²) in [5.74, 6) is 0.528. The Morgan fingerprint density at radius 2 is 1.72 bits per heavy atom. The molecule has 0 aliphatic heterocycles. The molecule has 0 N–H and O–H groups in total. The van der Waals surface area contributed by atoms with Gasteiger partial charge in [0.25, 0.3) is 0 Å². The molecule has 3 aromatic rings. The second-order valence-electron chi connectivity index (χ2n) is 6.03. The van der Waals surface area contributed by atoms with Gasteiger partial charge in [-0.25, -0.2) is 8.42 Å². The summed E-state index contributed by atoms with van der Waals surface area (Å²) in [6.45, 7) is 0.265. The van der Waals surface area contributed by atoms with Crippen molar-refractivity contribution in [2.24, 2.45) is 0 Å². The fourth-order valence-electron chi connectivity index (χ4n) is 2.53. The van der Waals surface area contributed by atoms with Crippen molar-refractivity contribution in [3.8, 4) is 11.8 Å². The van der Waals surface area contributed by atoms with Crippen LogP contribution in [0.4, 0.5) is 0 Å². The normalized spacial score (nSPS) is 11.7. The molecular weight excluding hydrogens is 429 g/mol. The third kappa shape index (κ3) is 5.18. The average Bonchev–Trinajstić information content (AvgIpc) is 2.72. The largest absolute Gasteiger partial charge is 0.489 e. The number of hydrogen-bond donors (Lipinski definition) is 0. The molecule has 3 rings (SSSR count). The van der Waals surface area contributed by atoms with Crippen LogP contribution < -0.4 is 4.74 Å². The molecule has 0 unspecified atom stereocenters. The zero-order valence-corrected chi connectivity index (χ0v) is 17.4. The second-order valence-corrected chi connectivity index (χ2v) is 8.79. The minimum atomic E-state index is -3.96. The summed E-state index contributed by atoms with van der Waals surface area (Å²) >= 11 is 11.9. The van der Waals surface area contributed by atoms with Crippen LogP contribution in [0.5, 0.6) is 5.75 Å². The van der Waals surface area contributed by atoms with E-state index in [9.17, 15) is 13.7 Å². The van der Waals surface area contributed by atoms with Gasteiger partial charge in [0.2, 0.25) is 9.84 Å². The molecule has 0 saturated carbocycles. The summed E-state index contributed by atoms with van der Waals surface area (Å²) in [5, 5.41) is 10.4. The van der Waals surface area contributed by atoms with Gasteiger partial charge in [-0.2, -0.15) is 5.26 Å². The molecule has 29 heavy (non-hydrogen) atoms. The Morgan fingerprint density at radius 1 is 1.00 bits per heavy atom. The summed E-state index contributed by atoms with van der Waals surface area (Å²) in [6, 6.07) is 21.6. The van der Waals surface area contributed by atoms with E-state index >= 15 is 0 Å². The fourth-order valence-corrected chi connectivity index (χ4v) is 4.01. The molecule has 7 heteroatoms. The standard InChI is InChI=1S/C22H15Cl2NO3S/c23-18-8-10-20(11-9-18)29(26,27)21(14-25)13-16-4-3-6-19(12-16)28-15-17-5-1-2-7-22(17)24/h1-13H,15H2. The zero-order valence-electron chi connectivity index (χ0n) is 15.0. The first kappa shape index (κ1) is 20.9. The van der Waals surface area contributed by atoms with Gasteiger partial charge in [-0.05, 0) is 54.1 Å². The highest BCUT2D eigenvalue weighted by atomic mass is 35.5. The van der Waals surface area contributed by atoms with Gasteiger partial charge in [-0.1, -0.05) is 53.5 Å². The average molecular weight is 444 g/mol. The van der Waals surface area contributed by atoms with Gasteiger partial charge < -0.3 is 4.74 Å². The SMILES string of the molecule is N#CC(=Cc1cccc(OCc2ccccc2Cl)c1)S(=O)(=O)c1ccc(Cl)cc1. The predicted molar refractivity (Wildman–Crippen MR) is 114 cm³/mol. The lowest BCUT2D eigenvalue weighted by atomic mass is 10.2. The highest BCUT2D eigenvalue weighted by Gasteiger charge is 2.20. The molecule has 0 aliphatic carbocycles. The fraction of sp³-hybridized carbons (Fsp3) is 0.0455. The molecular formula is C22H15Cl2NO3S. The number of hydrogen-bond acceptors (Lipinski definition) is 4. The monoisotopic (exact) mass is 443 g/mol. The van der Waals surface area contributed by atoms with Gasteiger partial charge in [0.1, 0.15) is 23.3 Å². The minimum absolute atomic E-state index is 0.000763. The van der Waals surface area contributed by atoms with Gasteiger partial charge in [-0.15, -0.1) is 0 Å². The Labute approximate surface area is 179 Å². The molecule has 3 aromatic carbocycles. The van der Waals surface area contributed by atoms with E-state index in [4.69, 9.17) is 27.9 Å². The van der Waals surface area contributed by atoms with Gasteiger partial charge in [0.15, 0.2) is 0 Å². The molecule has 0 aliphatic rings. The maximum absolute atomic E-state index is 12.7. The maximum atomic E-state index is 12.7. The van der Waals surface area contributed by atoms with E-state index in [1.807, 2.05) is 18.2 Å². The van der Waals surface area contributed by atoms with Crippen molar-refractivity contribution in [3.05, 3.63) is 98.9 Å². The molecule has 0 atom stereocenters. The topological polar surface area (TPSA) is 67.2 Å². The van der Waals surface area contributed by atoms with Crippen LogP contribution in [0.2, 0.25) is 10.0 Å². The lowest BCUT2D eigenvalue weighted by molar-refractivity contribution is 0.306. The molecule has 0 radical (unpaired) electrons. The molecule has 0 fully saturated rings. The summed E-state index contributed by atoms with van der Waals surface area (Å²) < 4.78 is 31.2. The first-order valence-corrected chi connectivity index (χ1v) is 10.7. The number of allylic oxidation sites excluding steroid dienone is 1. The summed E-state index contributed by atoms with van der Waals surface area (Å²) in [4.78, 5) is -0.371. The summed E-state index contributed by atoms with van der Waals surface area (Å²) in [7, 11) is -3.96. The van der Waals surface area contributed by atoms with Gasteiger partial charge >= 0.3 is 0 Å². The van der Waals surface area contributed by atoms with Crippen molar-refractivity contribution in [2.45, 2.75) is 11.5 Å². The lowest BCUT2D eigenvalue weighted by Crippen LogP contribution is -2.03. The van der Waals surface area contributed by atoms with E-state index in [0.29, 0.717) is 21.4 Å². The van der Waals surface area contributed by atoms with E-state index in [0.717, 1.165) is 5.56 Å². The third-order valence-electron chi connectivity index (χ3n) is 4.03. The van der Waals surface area contributed by atoms with E-state index in [-0.39, 0.29) is 16.4 Å². The molecule has 4 nitrogen and oxygen atoms in total. The van der Waals surface area contributed by atoms with E-state index in [1.165, 1.54) is 30.3 Å². The van der Waals surface area contributed by atoms with Crippen LogP contribution in [0.1, 0.15) is 11.1 Å². The van der Waals surface area contributed by atoms with Crippen LogP contribution in [-0.2, 0) is 16.4 Å². The Balaban J connectivity index is 1.85. The number of rotatable bonds is 6. The van der Waals surface area contributed by atoms with Crippen molar-refractivity contribution in [3.63, 3.8) is 0 Å². The number of sulfone groups is 1. The molecule has 0 spiro atoms. The summed E-state index contributed by atoms with van der Waals surface area (Å²) in [6.07, 6.45) is 1.31. The van der Waals surface area contributed by atoms with Crippen LogP contribution in [0.25, 0.3) is 6.08 Å². The van der Waals surface area contributed by atoms with Crippen LogP contribution in [0.15, 0.2) is 82.6 Å². The van der Waals surface area contributed by atoms with Crippen molar-refractivity contribution in [2.75, 3.05) is 0 Å². The third-order valence-corrected chi connectivity index (χ3v) is 6.33. The van der Waals surface area contributed by atoms with Crippen LogP contribution in [0, 0.1) is 11.3 Å². The number of nitriles is 1. The first-order chi connectivity index (χ1) is 13.9. The van der Waals surface area contributed by atoms with Crippen LogP contribution >= 0.6 is 23.2 Å². The Bertz CT molecular complexity index is 1200. The number of benzene rings is 3. The Hall–Kier alpha value is -2.78. The molecule has 0 heterocycles. The molecule has 0 bridgehead atoms. The first-order valence-electron chi connectivity index (χ1n) is 8.49. The maximum Gasteiger partial charge on any atom is 0.216 e. The second kappa shape index (κ2) is 9.15. The zero-order chi connectivity index (χ0) is 20.9. The van der Waals surface area contributed by atoms with Gasteiger partial charge in [0, 0.05) is 15.6 Å². The molecule has 0 amide bonds. The van der Waals surface area contributed by atoms with Crippen LogP contribution in [0.3, 0.4) is 0 Å². The van der Waals surface area contributed by atoms with E-state index in [2.05, 4.69) is 0 Å². The van der Waals surface area contributed by atoms with E-state index in [1.54, 1.807) is 36.4 Å². The lowest BCUT2D eigenvalue weighted by Gasteiger charge is -2.08. The smallest absolute Gasteiger partial charge is 0.216 e. The molecule has 0 saturated heterocycles. The number of halogens is 2. The van der Waals surface area contributed by atoms with Crippen molar-refractivity contribution in [1.29, 1.82) is 5.26 Å². The van der Waals surface area contributed by atoms with E-state index < -0.39 is 9.84 Å². The highest BCUT2D eigenvalue weighted by molar-refractivity contribution is 7.95. The quantitative estimate of drug-likeness (QED) is 0.444. The highest BCUT2D eigenvalue weighted by Crippen LogP contribution is 2.25. The predicted octanol–water partition coefficient (Wildman–Crippen LogP) is 5.91. The summed E-state index contributed by atoms with van der Waals surface area (Å²) in [5.41, 5.74) is 1.36. The van der Waals surface area contributed by atoms with Gasteiger partial charge in [-0.3, -0.25) is 0 Å². The van der Waals surface area contributed by atoms with Crippen LogP contribution in [-0.4, -0.2) is 8.42 Å². The number of nitrogens with zero attached hydrogens (tertiary/aromatic N) is 1. The minimum Gasteiger partial charge on any atom is -0.489 e. The van der Waals surface area contributed by atoms with Crippen molar-refractivity contribution in [1.82, 2.24) is 0 Å².